The molecule has 0 aliphatic carbocycles. The predicted molar refractivity (Wildman–Crippen MR) is 272 cm³/mol. The number of benzene rings is 2. The Kier molecular flexibility index (Phi) is 11.9. The number of fused-ring (bicyclic) bond motifs is 2. The molecule has 0 unspecified atom stereocenters. The average molecular weight is 960 g/mol. The number of hydrogen-bond acceptors (Lipinski definition) is 15. The summed E-state index contributed by atoms with van der Waals surface area (Å²) in [5.74, 6) is 1.13. The Labute approximate surface area is 416 Å². The van der Waals surface area contributed by atoms with Crippen LogP contribution in [0, 0.1) is 22.7 Å². The van der Waals surface area contributed by atoms with Crippen molar-refractivity contribution < 1.29 is 9.59 Å². The van der Waals surface area contributed by atoms with Crippen LogP contribution in [0.2, 0.25) is 0 Å². The summed E-state index contributed by atoms with van der Waals surface area (Å²) in [6, 6.07) is 39.3. The average Bonchev–Trinajstić information content (AvgIpc) is 4.02. The maximum atomic E-state index is 13.1. The Morgan fingerprint density at radius 1 is 0.616 bits per heavy atom. The molecule has 0 radical (unpaired) electrons. The molecular weight excluding hydrogens is 919 g/mol. The van der Waals surface area contributed by atoms with Crippen molar-refractivity contribution in [2.75, 3.05) is 37.6 Å². The summed E-state index contributed by atoms with van der Waals surface area (Å²) >= 11 is 0. The Balaban J connectivity index is 0.838. The minimum absolute atomic E-state index is 0.0680. The second-order valence-electron chi connectivity index (χ2n) is 17.2. The van der Waals surface area contributed by atoms with Gasteiger partial charge in [0.25, 0.3) is 11.8 Å². The summed E-state index contributed by atoms with van der Waals surface area (Å²) in [5.41, 5.74) is 22.8. The van der Waals surface area contributed by atoms with Gasteiger partial charge in [-0.1, -0.05) is 24.3 Å². The lowest BCUT2D eigenvalue weighted by molar-refractivity contribution is 0.0628. The molecule has 10 aromatic rings. The topological polar surface area (TPSA) is 265 Å². The highest BCUT2D eigenvalue weighted by atomic mass is 16.2. The number of hydrogen-bond donors (Lipinski definition) is 3. The first-order chi connectivity index (χ1) is 35.7. The van der Waals surface area contributed by atoms with E-state index in [1.165, 1.54) is 12.4 Å². The van der Waals surface area contributed by atoms with Gasteiger partial charge >= 0.3 is 0 Å². The Morgan fingerprint density at radius 3 is 1.99 bits per heavy atom. The molecule has 1 fully saturated rings. The third-order valence-corrected chi connectivity index (χ3v) is 12.6. The lowest BCUT2D eigenvalue weighted by atomic mass is 10.1. The van der Waals surface area contributed by atoms with E-state index in [0.717, 1.165) is 35.6 Å². The molecule has 0 atom stereocenters. The third kappa shape index (κ3) is 8.86. The maximum Gasteiger partial charge on any atom is 0.271 e. The monoisotopic (exact) mass is 959 g/mol. The van der Waals surface area contributed by atoms with Gasteiger partial charge in [-0.25, -0.2) is 39.9 Å². The SMILES string of the molecule is N#Cc1ccc(C(=O)N2CCN(Cc3ccc(-n4c(-c5ccc(-c6cnc7c(c6)nc(-c6cccnc6N)n7-c6ccc(CNC(=O)c7ncccc7C#N)cc6)nc5N)nc5cccnc54)cc3)CC2)cn1. The quantitative estimate of drug-likeness (QED) is 0.124. The highest BCUT2D eigenvalue weighted by Crippen LogP contribution is 2.35. The van der Waals surface area contributed by atoms with Crippen molar-refractivity contribution in [3.05, 3.63) is 180 Å². The van der Waals surface area contributed by atoms with E-state index in [1.807, 2.05) is 99.0 Å². The van der Waals surface area contributed by atoms with Crippen LogP contribution in [-0.4, -0.2) is 96.8 Å². The smallest absolute Gasteiger partial charge is 0.271 e. The standard InChI is InChI=1S/C54H41N17O2/c55-27-35-4-1-19-59-46(35)53(72)64-29-33-7-13-39(14-8-33)71-49(41-5-2-20-60-47(41)57)67-45-26-37(31-63-52(45)71)43-18-17-42(48(58)65-43)50-66-44-6-3-21-61-51(44)70(50)40-15-9-34(10-16-40)32-68-22-24-69(25-23-68)54(73)36-11-12-38(28-56)62-30-36/h1-21,26,30-31H,22-25,29,32H2,(H2,57,60)(H2,58,65)(H,64,72). The summed E-state index contributed by atoms with van der Waals surface area (Å²) in [6.07, 6.45) is 8.02. The van der Waals surface area contributed by atoms with Gasteiger partial charge in [-0.15, -0.1) is 0 Å². The molecule has 354 valence electrons. The van der Waals surface area contributed by atoms with Gasteiger partial charge in [-0.3, -0.25) is 23.6 Å². The summed E-state index contributed by atoms with van der Waals surface area (Å²) in [7, 11) is 0. The van der Waals surface area contributed by atoms with E-state index in [1.54, 1.807) is 48.9 Å². The number of aromatic nitrogens is 10. The number of nitriles is 2. The van der Waals surface area contributed by atoms with Crippen LogP contribution in [-0.2, 0) is 13.1 Å². The minimum Gasteiger partial charge on any atom is -0.383 e. The van der Waals surface area contributed by atoms with Gasteiger partial charge in [0.15, 0.2) is 22.9 Å². The number of carbonyl (C=O) groups excluding carboxylic acids is 2. The van der Waals surface area contributed by atoms with E-state index in [9.17, 15) is 14.9 Å². The van der Waals surface area contributed by atoms with Crippen LogP contribution in [0.25, 0.3) is 67.7 Å². The highest BCUT2D eigenvalue weighted by Gasteiger charge is 2.25. The van der Waals surface area contributed by atoms with Crippen LogP contribution in [0.1, 0.15) is 43.2 Å². The molecule has 8 aromatic heterocycles. The first kappa shape index (κ1) is 45.2. The largest absolute Gasteiger partial charge is 0.383 e. The predicted octanol–water partition coefficient (Wildman–Crippen LogP) is 6.53. The van der Waals surface area contributed by atoms with Crippen LogP contribution in [0.15, 0.2) is 146 Å². The number of pyridine rings is 6. The number of imidazole rings is 2. The van der Waals surface area contributed by atoms with Crippen molar-refractivity contribution in [2.24, 2.45) is 0 Å². The first-order valence-corrected chi connectivity index (χ1v) is 23.1. The van der Waals surface area contributed by atoms with Crippen molar-refractivity contribution in [3.63, 3.8) is 0 Å². The number of piperazine rings is 1. The van der Waals surface area contributed by atoms with E-state index in [0.29, 0.717) is 87.4 Å². The number of nitrogens with one attached hydrogen (secondary N) is 1. The highest BCUT2D eigenvalue weighted by molar-refractivity contribution is 5.95. The van der Waals surface area contributed by atoms with Gasteiger partial charge in [-0.05, 0) is 102 Å². The zero-order valence-corrected chi connectivity index (χ0v) is 38.8. The molecule has 2 amide bonds. The summed E-state index contributed by atoms with van der Waals surface area (Å²) in [5, 5.41) is 21.3. The maximum absolute atomic E-state index is 13.1. The first-order valence-electron chi connectivity index (χ1n) is 23.1. The molecule has 9 heterocycles. The van der Waals surface area contributed by atoms with Crippen LogP contribution < -0.4 is 16.8 Å². The molecule has 0 bridgehead atoms. The molecule has 19 heteroatoms. The Hall–Kier alpha value is -10.2. The van der Waals surface area contributed by atoms with Crippen molar-refractivity contribution in [2.45, 2.75) is 13.1 Å². The molecule has 2 aromatic carbocycles. The molecule has 1 saturated heterocycles. The summed E-state index contributed by atoms with van der Waals surface area (Å²) in [4.78, 5) is 67.1. The van der Waals surface area contributed by atoms with E-state index < -0.39 is 5.91 Å². The van der Waals surface area contributed by atoms with Crippen LogP contribution >= 0.6 is 0 Å². The lowest BCUT2D eigenvalue weighted by Crippen LogP contribution is -2.48. The molecule has 0 spiro atoms. The van der Waals surface area contributed by atoms with Gasteiger partial charge in [0.05, 0.1) is 27.9 Å². The van der Waals surface area contributed by atoms with Gasteiger partial charge in [0.1, 0.15) is 46.2 Å². The van der Waals surface area contributed by atoms with Gasteiger partial charge < -0.3 is 21.7 Å². The molecule has 0 saturated carbocycles. The zero-order chi connectivity index (χ0) is 50.0. The number of nitrogen functional groups attached to an aromatic ring is 2. The van der Waals surface area contributed by atoms with E-state index in [-0.39, 0.29) is 35.2 Å². The number of anilines is 2. The second kappa shape index (κ2) is 19.3. The van der Waals surface area contributed by atoms with Crippen molar-refractivity contribution in [1.82, 2.24) is 64.1 Å². The van der Waals surface area contributed by atoms with Gasteiger partial charge in [-0.2, -0.15) is 10.5 Å². The van der Waals surface area contributed by atoms with Crippen molar-refractivity contribution in [1.29, 1.82) is 10.5 Å². The van der Waals surface area contributed by atoms with Gasteiger partial charge in [0.2, 0.25) is 0 Å². The molecule has 11 rings (SSSR count). The second-order valence-corrected chi connectivity index (χ2v) is 17.2. The minimum atomic E-state index is -0.446. The third-order valence-electron chi connectivity index (χ3n) is 12.6. The van der Waals surface area contributed by atoms with E-state index >= 15 is 0 Å². The lowest BCUT2D eigenvalue weighted by Gasteiger charge is -2.34. The molecule has 5 N–H and O–H groups in total. The van der Waals surface area contributed by atoms with Crippen molar-refractivity contribution in [3.8, 4) is 57.5 Å². The summed E-state index contributed by atoms with van der Waals surface area (Å²) < 4.78 is 3.89. The van der Waals surface area contributed by atoms with Crippen LogP contribution in [0.4, 0.5) is 11.6 Å². The van der Waals surface area contributed by atoms with Crippen LogP contribution in [0.5, 0.6) is 0 Å². The van der Waals surface area contributed by atoms with E-state index in [4.69, 9.17) is 41.6 Å². The Bertz CT molecular complexity index is 3830. The molecule has 73 heavy (non-hydrogen) atoms. The summed E-state index contributed by atoms with van der Waals surface area (Å²) in [6.45, 7) is 3.53. The fourth-order valence-electron chi connectivity index (χ4n) is 8.89. The molecule has 1 aliphatic rings. The number of nitrogens with two attached hydrogens (primary N) is 2. The number of carbonyl (C=O) groups is 2. The molecule has 19 nitrogen and oxygen atoms in total. The van der Waals surface area contributed by atoms with E-state index in [2.05, 4.69) is 37.3 Å². The number of nitrogens with zero attached hydrogens (tertiary/aromatic N) is 14. The molecule has 1 aliphatic heterocycles. The van der Waals surface area contributed by atoms with Crippen molar-refractivity contribution >= 4 is 45.8 Å². The molecular formula is C54H41N17O2. The Morgan fingerprint density at radius 2 is 1.29 bits per heavy atom. The zero-order valence-electron chi connectivity index (χ0n) is 38.8. The fourth-order valence-corrected chi connectivity index (χ4v) is 8.89. The number of rotatable bonds is 11. The van der Waals surface area contributed by atoms with Crippen LogP contribution in [0.3, 0.4) is 0 Å². The number of amides is 2. The normalized spacial score (nSPS) is 12.7. The van der Waals surface area contributed by atoms with Gasteiger partial charge in [0, 0.05) is 87.2 Å². The fraction of sp³-hybridized carbons (Fsp3) is 0.111.